The zero-order valence-electron chi connectivity index (χ0n) is 13.4. The molecule has 1 aromatic rings. The van der Waals surface area contributed by atoms with Crippen LogP contribution in [0.1, 0.15) is 39.5 Å². The molecule has 0 aromatic carbocycles. The average Bonchev–Trinajstić information content (AvgIpc) is 2.95. The molecule has 1 aromatic heterocycles. The van der Waals surface area contributed by atoms with Gasteiger partial charge in [0.1, 0.15) is 4.21 Å². The molecule has 1 saturated heterocycles. The summed E-state index contributed by atoms with van der Waals surface area (Å²) in [5.41, 5.74) is 0. The Labute approximate surface area is 147 Å². The molecule has 2 heterocycles. The van der Waals surface area contributed by atoms with Gasteiger partial charge in [-0.05, 0) is 44.2 Å². The molecule has 1 aliphatic heterocycles. The predicted octanol–water partition coefficient (Wildman–Crippen LogP) is 3.11. The number of sulfonamides is 1. The lowest BCUT2D eigenvalue weighted by Gasteiger charge is -2.30. The van der Waals surface area contributed by atoms with E-state index in [9.17, 15) is 13.2 Å². The molecule has 1 N–H and O–H groups in total. The maximum Gasteiger partial charge on any atom is 0.252 e. The van der Waals surface area contributed by atoms with E-state index in [-0.39, 0.29) is 22.1 Å². The van der Waals surface area contributed by atoms with Crippen molar-refractivity contribution in [3.8, 4) is 0 Å². The van der Waals surface area contributed by atoms with Gasteiger partial charge in [0, 0.05) is 25.6 Å². The Morgan fingerprint density at radius 3 is 2.61 bits per heavy atom. The van der Waals surface area contributed by atoms with Gasteiger partial charge in [0.15, 0.2) is 0 Å². The molecule has 0 aliphatic carbocycles. The fraction of sp³-hybridized carbons (Fsp3) is 0.667. The minimum atomic E-state index is -3.45. The second-order valence-electron chi connectivity index (χ2n) is 5.99. The summed E-state index contributed by atoms with van der Waals surface area (Å²) < 4.78 is 27.3. The number of halogens is 1. The summed E-state index contributed by atoms with van der Waals surface area (Å²) in [6.07, 6.45) is 2.81. The van der Waals surface area contributed by atoms with Crippen LogP contribution >= 0.6 is 22.9 Å². The molecule has 1 amide bonds. The first-order valence-electron chi connectivity index (χ1n) is 7.87. The highest BCUT2D eigenvalue weighted by atomic mass is 35.5. The molecule has 130 valence electrons. The van der Waals surface area contributed by atoms with Crippen molar-refractivity contribution in [2.45, 2.75) is 49.8 Å². The second kappa shape index (κ2) is 7.96. The zero-order chi connectivity index (χ0) is 17.0. The largest absolute Gasteiger partial charge is 0.354 e. The molecule has 0 bridgehead atoms. The lowest BCUT2D eigenvalue weighted by molar-refractivity contribution is -0.122. The molecule has 2 rings (SSSR count). The van der Waals surface area contributed by atoms with E-state index in [4.69, 9.17) is 11.6 Å². The molecule has 1 aliphatic rings. The van der Waals surface area contributed by atoms with Gasteiger partial charge in [-0.2, -0.15) is 4.31 Å². The maximum atomic E-state index is 12.5. The van der Waals surface area contributed by atoms with Crippen LogP contribution in [0.15, 0.2) is 16.3 Å². The number of amides is 1. The van der Waals surface area contributed by atoms with Gasteiger partial charge in [0.05, 0.1) is 4.34 Å². The van der Waals surface area contributed by atoms with E-state index in [2.05, 4.69) is 5.32 Å². The molecule has 1 fully saturated rings. The highest BCUT2D eigenvalue weighted by Crippen LogP contribution is 2.31. The first-order chi connectivity index (χ1) is 10.8. The van der Waals surface area contributed by atoms with Gasteiger partial charge in [-0.3, -0.25) is 4.79 Å². The Kier molecular flexibility index (Phi) is 6.48. The molecule has 1 atom stereocenters. The van der Waals surface area contributed by atoms with Crippen LogP contribution < -0.4 is 5.32 Å². The molecule has 0 unspecified atom stereocenters. The smallest absolute Gasteiger partial charge is 0.252 e. The number of nitrogens with zero attached hydrogens (tertiary/aromatic N) is 1. The van der Waals surface area contributed by atoms with Crippen LogP contribution in [0.2, 0.25) is 4.34 Å². The number of nitrogens with one attached hydrogen (secondary N) is 1. The summed E-state index contributed by atoms with van der Waals surface area (Å²) >= 11 is 6.91. The van der Waals surface area contributed by atoms with Crippen molar-refractivity contribution >= 4 is 38.9 Å². The maximum absolute atomic E-state index is 12.5. The van der Waals surface area contributed by atoms with Crippen LogP contribution in [-0.4, -0.2) is 37.8 Å². The molecule has 0 radical (unpaired) electrons. The van der Waals surface area contributed by atoms with Gasteiger partial charge in [0.2, 0.25) is 5.91 Å². The third-order valence-electron chi connectivity index (χ3n) is 4.21. The van der Waals surface area contributed by atoms with Crippen molar-refractivity contribution in [1.82, 2.24) is 9.62 Å². The Morgan fingerprint density at radius 1 is 1.43 bits per heavy atom. The van der Waals surface area contributed by atoms with E-state index in [0.717, 1.165) is 17.8 Å². The molecular weight excluding hydrogens is 356 g/mol. The van der Waals surface area contributed by atoms with E-state index in [1.165, 1.54) is 4.31 Å². The minimum Gasteiger partial charge on any atom is -0.354 e. The lowest BCUT2D eigenvalue weighted by Crippen LogP contribution is -2.40. The summed E-state index contributed by atoms with van der Waals surface area (Å²) in [6.45, 7) is 4.93. The van der Waals surface area contributed by atoms with E-state index in [0.29, 0.717) is 36.7 Å². The molecule has 23 heavy (non-hydrogen) atoms. The van der Waals surface area contributed by atoms with Crippen LogP contribution in [0.3, 0.4) is 0 Å². The second-order valence-corrected chi connectivity index (χ2v) is 9.87. The van der Waals surface area contributed by atoms with Gasteiger partial charge in [-0.15, -0.1) is 11.3 Å². The SMILES string of the molecule is CC[C@H](C)NC(=O)CC1CCN(S(=O)(=O)c2ccc(Cl)s2)CC1. The van der Waals surface area contributed by atoms with Gasteiger partial charge in [0.25, 0.3) is 10.0 Å². The summed E-state index contributed by atoms with van der Waals surface area (Å²) in [6, 6.07) is 3.34. The number of hydrogen-bond donors (Lipinski definition) is 1. The van der Waals surface area contributed by atoms with E-state index >= 15 is 0 Å². The Morgan fingerprint density at radius 2 is 2.09 bits per heavy atom. The van der Waals surface area contributed by atoms with Crippen molar-refractivity contribution in [2.24, 2.45) is 5.92 Å². The topological polar surface area (TPSA) is 66.5 Å². The van der Waals surface area contributed by atoms with Crippen LogP contribution in [0.25, 0.3) is 0 Å². The summed E-state index contributed by atoms with van der Waals surface area (Å²) in [5.74, 6) is 0.308. The third-order valence-corrected chi connectivity index (χ3v) is 7.81. The van der Waals surface area contributed by atoms with Crippen molar-refractivity contribution in [2.75, 3.05) is 13.1 Å². The minimum absolute atomic E-state index is 0.0608. The number of carbonyl (C=O) groups excluding carboxylic acids is 1. The molecule has 0 saturated carbocycles. The molecule has 8 heteroatoms. The normalized spacial score (nSPS) is 18.7. The first kappa shape index (κ1) is 18.7. The monoisotopic (exact) mass is 378 g/mol. The molecule has 0 spiro atoms. The van der Waals surface area contributed by atoms with Crippen LogP contribution in [0.5, 0.6) is 0 Å². The van der Waals surface area contributed by atoms with Crippen molar-refractivity contribution in [3.63, 3.8) is 0 Å². The number of rotatable bonds is 6. The van der Waals surface area contributed by atoms with Crippen molar-refractivity contribution < 1.29 is 13.2 Å². The van der Waals surface area contributed by atoms with Crippen LogP contribution in [-0.2, 0) is 14.8 Å². The van der Waals surface area contributed by atoms with E-state index in [1.807, 2.05) is 13.8 Å². The summed E-state index contributed by atoms with van der Waals surface area (Å²) in [4.78, 5) is 11.9. The lowest BCUT2D eigenvalue weighted by atomic mass is 9.94. The summed E-state index contributed by atoms with van der Waals surface area (Å²) in [5, 5.41) is 2.96. The number of hydrogen-bond acceptors (Lipinski definition) is 4. The fourth-order valence-electron chi connectivity index (χ4n) is 2.62. The van der Waals surface area contributed by atoms with E-state index in [1.54, 1.807) is 12.1 Å². The third kappa shape index (κ3) is 4.92. The highest BCUT2D eigenvalue weighted by Gasteiger charge is 2.31. The van der Waals surface area contributed by atoms with Gasteiger partial charge in [-0.25, -0.2) is 8.42 Å². The van der Waals surface area contributed by atoms with Gasteiger partial charge >= 0.3 is 0 Å². The quantitative estimate of drug-likeness (QED) is 0.827. The summed E-state index contributed by atoms with van der Waals surface area (Å²) in [7, 11) is -3.45. The highest BCUT2D eigenvalue weighted by molar-refractivity contribution is 7.91. The van der Waals surface area contributed by atoms with Crippen LogP contribution in [0, 0.1) is 5.92 Å². The van der Waals surface area contributed by atoms with E-state index < -0.39 is 10.0 Å². The standard InChI is InChI=1S/C15H23ClN2O3S2/c1-3-11(2)17-14(19)10-12-6-8-18(9-7-12)23(20,21)15-5-4-13(16)22-15/h4-5,11-12H,3,6-10H2,1-2H3,(H,17,19)/t11-/m0/s1. The molecule has 5 nitrogen and oxygen atoms in total. The van der Waals surface area contributed by atoms with Crippen LogP contribution in [0.4, 0.5) is 0 Å². The van der Waals surface area contributed by atoms with Crippen molar-refractivity contribution in [3.05, 3.63) is 16.5 Å². The fourth-order valence-corrected chi connectivity index (χ4v) is 5.72. The van der Waals surface area contributed by atoms with Crippen molar-refractivity contribution in [1.29, 1.82) is 0 Å². The Bertz CT molecular complexity index is 637. The first-order valence-corrected chi connectivity index (χ1v) is 10.5. The zero-order valence-corrected chi connectivity index (χ0v) is 15.8. The van der Waals surface area contributed by atoms with Gasteiger partial charge in [-0.1, -0.05) is 18.5 Å². The Balaban J connectivity index is 1.87. The Hall–Kier alpha value is -0.630. The number of carbonyl (C=O) groups is 1. The molecular formula is C15H23ClN2O3S2. The number of thiophene rings is 1. The average molecular weight is 379 g/mol. The number of piperidine rings is 1. The predicted molar refractivity (Wildman–Crippen MR) is 93.3 cm³/mol. The van der Waals surface area contributed by atoms with Gasteiger partial charge < -0.3 is 5.32 Å².